The SMILES string of the molecule is CC(F)(F)CF.CCC(C)(CF)C(F)(F)F. The Hall–Kier alpha value is -0.490. The maximum Gasteiger partial charge on any atom is 0.396 e. The highest BCUT2D eigenvalue weighted by atomic mass is 19.4. The van der Waals surface area contributed by atoms with Gasteiger partial charge >= 0.3 is 6.18 Å². The normalized spacial score (nSPS) is 16.1. The van der Waals surface area contributed by atoms with E-state index in [4.69, 9.17) is 0 Å². The molecule has 0 bridgehead atoms. The molecule has 0 aromatic heterocycles. The van der Waals surface area contributed by atoms with E-state index in [9.17, 15) is 30.7 Å². The third kappa shape index (κ3) is 6.90. The van der Waals surface area contributed by atoms with E-state index >= 15 is 0 Å². The summed E-state index contributed by atoms with van der Waals surface area (Å²) >= 11 is 0. The fourth-order valence-corrected chi connectivity index (χ4v) is 0.371. The largest absolute Gasteiger partial charge is 0.396 e. The summed E-state index contributed by atoms with van der Waals surface area (Å²) in [6.45, 7) is -0.160. The molecular weight excluding hydrogens is 241 g/mol. The van der Waals surface area contributed by atoms with Gasteiger partial charge in [0.25, 0.3) is 5.92 Å². The Morgan fingerprint density at radius 3 is 1.12 bits per heavy atom. The van der Waals surface area contributed by atoms with Crippen molar-refractivity contribution in [2.45, 2.75) is 39.3 Å². The number of halogens is 7. The van der Waals surface area contributed by atoms with E-state index in [0.29, 0.717) is 6.92 Å². The molecule has 0 nitrogen and oxygen atoms in total. The van der Waals surface area contributed by atoms with Gasteiger partial charge in [-0.05, 0) is 13.3 Å². The molecule has 0 aromatic carbocycles. The van der Waals surface area contributed by atoms with Gasteiger partial charge < -0.3 is 0 Å². The molecule has 0 heterocycles. The minimum atomic E-state index is -4.42. The van der Waals surface area contributed by atoms with E-state index in [-0.39, 0.29) is 6.42 Å². The van der Waals surface area contributed by atoms with Crippen molar-refractivity contribution >= 4 is 0 Å². The average molecular weight is 256 g/mol. The molecule has 0 spiro atoms. The van der Waals surface area contributed by atoms with E-state index < -0.39 is 30.9 Å². The van der Waals surface area contributed by atoms with Gasteiger partial charge in [-0.2, -0.15) is 13.2 Å². The van der Waals surface area contributed by atoms with Crippen molar-refractivity contribution in [2.24, 2.45) is 5.41 Å². The number of hydrogen-bond donors (Lipinski definition) is 0. The number of rotatable bonds is 3. The number of alkyl halides is 7. The van der Waals surface area contributed by atoms with E-state index in [2.05, 4.69) is 0 Å². The molecular formula is C9H15F7. The third-order valence-electron chi connectivity index (χ3n) is 1.99. The Balaban J connectivity index is 0. The summed E-state index contributed by atoms with van der Waals surface area (Å²) in [5, 5.41) is 0. The molecule has 0 rings (SSSR count). The Labute approximate surface area is 89.8 Å². The maximum absolute atomic E-state index is 11.9. The van der Waals surface area contributed by atoms with Gasteiger partial charge in [0.15, 0.2) is 6.67 Å². The summed E-state index contributed by atoms with van der Waals surface area (Å²) in [5.41, 5.74) is -2.15. The fourth-order valence-electron chi connectivity index (χ4n) is 0.371. The summed E-state index contributed by atoms with van der Waals surface area (Å²) in [7, 11) is 0. The van der Waals surface area contributed by atoms with Crippen molar-refractivity contribution in [3.8, 4) is 0 Å². The highest BCUT2D eigenvalue weighted by molar-refractivity contribution is 4.79. The van der Waals surface area contributed by atoms with Gasteiger partial charge in [-0.1, -0.05) is 6.92 Å². The van der Waals surface area contributed by atoms with Crippen LogP contribution in [0.25, 0.3) is 0 Å². The van der Waals surface area contributed by atoms with E-state index in [1.807, 2.05) is 0 Å². The third-order valence-corrected chi connectivity index (χ3v) is 1.99. The zero-order valence-electron chi connectivity index (χ0n) is 9.27. The molecule has 1 unspecified atom stereocenters. The van der Waals surface area contributed by atoms with Crippen LogP contribution in [-0.2, 0) is 0 Å². The summed E-state index contributed by atoms with van der Waals surface area (Å²) in [4.78, 5) is 0. The van der Waals surface area contributed by atoms with Crippen molar-refractivity contribution in [3.63, 3.8) is 0 Å². The van der Waals surface area contributed by atoms with Crippen LogP contribution in [0.5, 0.6) is 0 Å². The van der Waals surface area contributed by atoms with Gasteiger partial charge in [0, 0.05) is 6.92 Å². The molecule has 0 aliphatic heterocycles. The molecule has 0 aliphatic carbocycles. The maximum atomic E-state index is 11.9. The molecule has 1 atom stereocenters. The summed E-state index contributed by atoms with van der Waals surface area (Å²) < 4.78 is 80.3. The van der Waals surface area contributed by atoms with Crippen molar-refractivity contribution < 1.29 is 30.7 Å². The zero-order chi connectivity index (χ0) is 13.6. The Morgan fingerprint density at radius 1 is 0.812 bits per heavy atom. The highest BCUT2D eigenvalue weighted by Gasteiger charge is 2.49. The van der Waals surface area contributed by atoms with Crippen LogP contribution in [-0.4, -0.2) is 25.4 Å². The molecule has 0 saturated carbocycles. The van der Waals surface area contributed by atoms with Crippen LogP contribution < -0.4 is 0 Å². The predicted molar refractivity (Wildman–Crippen MR) is 47.0 cm³/mol. The van der Waals surface area contributed by atoms with Gasteiger partial charge in [-0.25, -0.2) is 13.2 Å². The minimum Gasteiger partial charge on any atom is -0.250 e. The lowest BCUT2D eigenvalue weighted by molar-refractivity contribution is -0.223. The average Bonchev–Trinajstić information content (AvgIpc) is 2.14. The molecule has 0 amide bonds. The van der Waals surface area contributed by atoms with Crippen LogP contribution in [0.3, 0.4) is 0 Å². The van der Waals surface area contributed by atoms with Crippen LogP contribution >= 0.6 is 0 Å². The van der Waals surface area contributed by atoms with Crippen molar-refractivity contribution in [2.75, 3.05) is 13.3 Å². The smallest absolute Gasteiger partial charge is 0.250 e. The summed E-state index contributed by atoms with van der Waals surface area (Å²) in [6.07, 6.45) is -4.64. The molecule has 0 saturated heterocycles. The summed E-state index contributed by atoms with van der Waals surface area (Å²) in [5.74, 6) is -3.12. The van der Waals surface area contributed by atoms with Gasteiger partial charge in [-0.15, -0.1) is 0 Å². The first-order valence-electron chi connectivity index (χ1n) is 4.50. The van der Waals surface area contributed by atoms with Crippen LogP contribution in [0.1, 0.15) is 27.2 Å². The van der Waals surface area contributed by atoms with Crippen LogP contribution in [0.2, 0.25) is 0 Å². The minimum absolute atomic E-state index is 0.215. The molecule has 7 heteroatoms. The van der Waals surface area contributed by atoms with Crippen LogP contribution in [0.4, 0.5) is 30.7 Å². The van der Waals surface area contributed by atoms with E-state index in [0.717, 1.165) is 6.92 Å². The lowest BCUT2D eigenvalue weighted by atomic mass is 9.89. The fraction of sp³-hybridized carbons (Fsp3) is 1.00. The molecule has 0 N–H and O–H groups in total. The zero-order valence-corrected chi connectivity index (χ0v) is 9.27. The first-order valence-corrected chi connectivity index (χ1v) is 4.50. The van der Waals surface area contributed by atoms with Crippen LogP contribution in [0.15, 0.2) is 0 Å². The van der Waals surface area contributed by atoms with Crippen molar-refractivity contribution in [1.29, 1.82) is 0 Å². The van der Waals surface area contributed by atoms with Crippen molar-refractivity contribution in [1.82, 2.24) is 0 Å². The second kappa shape index (κ2) is 6.30. The Bertz CT molecular complexity index is 175. The lowest BCUT2D eigenvalue weighted by Gasteiger charge is -2.27. The standard InChI is InChI=1S/C6H10F4.C3H5F3/c1-3-5(2,4-7)6(8,9)10;1-3(5,6)2-4/h3-4H2,1-2H3;2H2,1H3. The Kier molecular flexibility index (Phi) is 7.04. The van der Waals surface area contributed by atoms with E-state index in [1.54, 1.807) is 0 Å². The predicted octanol–water partition coefficient (Wildman–Crippen LogP) is 4.55. The lowest BCUT2D eigenvalue weighted by Crippen LogP contribution is -2.36. The second-order valence-electron chi connectivity index (χ2n) is 3.75. The van der Waals surface area contributed by atoms with E-state index in [1.165, 1.54) is 6.92 Å². The molecule has 16 heavy (non-hydrogen) atoms. The van der Waals surface area contributed by atoms with Crippen LogP contribution in [0, 0.1) is 5.41 Å². The summed E-state index contributed by atoms with van der Waals surface area (Å²) in [6, 6.07) is 0. The first kappa shape index (κ1) is 17.9. The molecule has 0 fully saturated rings. The quantitative estimate of drug-likeness (QED) is 0.650. The van der Waals surface area contributed by atoms with Crippen molar-refractivity contribution in [3.05, 3.63) is 0 Å². The molecule has 100 valence electrons. The molecule has 0 aromatic rings. The van der Waals surface area contributed by atoms with Gasteiger partial charge in [0.1, 0.15) is 6.67 Å². The Morgan fingerprint density at radius 2 is 1.12 bits per heavy atom. The molecule has 0 aliphatic rings. The first-order chi connectivity index (χ1) is 6.93. The monoisotopic (exact) mass is 256 g/mol. The van der Waals surface area contributed by atoms with Gasteiger partial charge in [-0.3, -0.25) is 4.39 Å². The van der Waals surface area contributed by atoms with Gasteiger partial charge in [0.05, 0.1) is 5.41 Å². The molecule has 0 radical (unpaired) electrons. The van der Waals surface area contributed by atoms with Gasteiger partial charge in [0.2, 0.25) is 0 Å². The highest BCUT2D eigenvalue weighted by Crippen LogP contribution is 2.40. The topological polar surface area (TPSA) is 0 Å². The number of hydrogen-bond acceptors (Lipinski definition) is 0. The second-order valence-corrected chi connectivity index (χ2v) is 3.75.